The van der Waals surface area contributed by atoms with Crippen molar-refractivity contribution in [3.8, 4) is 5.75 Å². The van der Waals surface area contributed by atoms with Crippen molar-refractivity contribution in [1.29, 1.82) is 0 Å². The molecule has 1 aliphatic rings. The molecule has 2 heteroatoms. The van der Waals surface area contributed by atoms with Crippen molar-refractivity contribution in [3.63, 3.8) is 0 Å². The number of hydrogen-bond donors (Lipinski definition) is 1. The molecule has 0 spiro atoms. The van der Waals surface area contributed by atoms with Crippen LogP contribution in [0.2, 0.25) is 0 Å². The van der Waals surface area contributed by atoms with Crippen LogP contribution < -0.4 is 0 Å². The van der Waals surface area contributed by atoms with Crippen molar-refractivity contribution in [2.24, 2.45) is 5.92 Å². The Morgan fingerprint density at radius 3 is 3.00 bits per heavy atom. The molecule has 1 N–H and O–H groups in total. The van der Waals surface area contributed by atoms with E-state index in [0.717, 1.165) is 12.5 Å². The molecule has 2 rings (SSSR count). The Hall–Kier alpha value is -1.02. The average Bonchev–Trinajstić information content (AvgIpc) is 2.65. The molecule has 82 valence electrons. The van der Waals surface area contributed by atoms with Crippen LogP contribution in [0.25, 0.3) is 0 Å². The first kappa shape index (κ1) is 10.5. The Bertz CT molecular complexity index is 324. The van der Waals surface area contributed by atoms with Crippen molar-refractivity contribution in [2.45, 2.75) is 26.3 Å². The Morgan fingerprint density at radius 2 is 2.33 bits per heavy atom. The van der Waals surface area contributed by atoms with Crippen LogP contribution in [0.1, 0.15) is 25.3 Å². The Labute approximate surface area is 91.5 Å². The van der Waals surface area contributed by atoms with Gasteiger partial charge in [0.1, 0.15) is 5.75 Å². The van der Waals surface area contributed by atoms with Crippen molar-refractivity contribution < 1.29 is 5.11 Å². The van der Waals surface area contributed by atoms with E-state index in [1.807, 2.05) is 12.1 Å². The summed E-state index contributed by atoms with van der Waals surface area (Å²) in [5.74, 6) is 1.25. The maximum Gasteiger partial charge on any atom is 0.115 e. The van der Waals surface area contributed by atoms with E-state index < -0.39 is 0 Å². The molecular weight excluding hydrogens is 186 g/mol. The van der Waals surface area contributed by atoms with Crippen molar-refractivity contribution in [1.82, 2.24) is 4.90 Å². The molecule has 2 nitrogen and oxygen atoms in total. The summed E-state index contributed by atoms with van der Waals surface area (Å²) >= 11 is 0. The molecule has 0 bridgehead atoms. The number of aromatic hydroxyl groups is 1. The summed E-state index contributed by atoms with van der Waals surface area (Å²) in [6.07, 6.45) is 2.62. The van der Waals surface area contributed by atoms with Crippen LogP contribution in [0.15, 0.2) is 24.3 Å². The molecule has 1 unspecified atom stereocenters. The number of nitrogens with zero attached hydrogens (tertiary/aromatic N) is 1. The molecule has 1 aliphatic heterocycles. The van der Waals surface area contributed by atoms with Gasteiger partial charge in [-0.2, -0.15) is 0 Å². The zero-order valence-electron chi connectivity index (χ0n) is 9.32. The monoisotopic (exact) mass is 205 g/mol. The minimum Gasteiger partial charge on any atom is -0.508 e. The molecular formula is C13H19NO. The highest BCUT2D eigenvalue weighted by atomic mass is 16.3. The van der Waals surface area contributed by atoms with Gasteiger partial charge in [0.2, 0.25) is 0 Å². The van der Waals surface area contributed by atoms with E-state index >= 15 is 0 Å². The fraction of sp³-hybridized carbons (Fsp3) is 0.538. The highest BCUT2D eigenvalue weighted by Gasteiger charge is 2.20. The Morgan fingerprint density at radius 1 is 1.47 bits per heavy atom. The zero-order valence-corrected chi connectivity index (χ0v) is 9.32. The predicted molar refractivity (Wildman–Crippen MR) is 61.8 cm³/mol. The third-order valence-electron chi connectivity index (χ3n) is 3.26. The lowest BCUT2D eigenvalue weighted by Gasteiger charge is -2.15. The minimum absolute atomic E-state index is 0.374. The number of likely N-dealkylation sites (tertiary alicyclic amines) is 1. The Kier molecular flexibility index (Phi) is 3.27. The lowest BCUT2D eigenvalue weighted by atomic mass is 10.1. The highest BCUT2D eigenvalue weighted by molar-refractivity contribution is 5.27. The largest absolute Gasteiger partial charge is 0.508 e. The first-order valence-electron chi connectivity index (χ1n) is 5.78. The predicted octanol–water partition coefficient (Wildman–Crippen LogP) is 2.62. The van der Waals surface area contributed by atoms with Crippen LogP contribution in [0.4, 0.5) is 0 Å². The summed E-state index contributed by atoms with van der Waals surface area (Å²) in [6, 6.07) is 7.58. The smallest absolute Gasteiger partial charge is 0.115 e. The average molecular weight is 205 g/mol. The molecule has 1 aromatic rings. The van der Waals surface area contributed by atoms with E-state index in [1.165, 1.54) is 31.5 Å². The quantitative estimate of drug-likeness (QED) is 0.820. The van der Waals surface area contributed by atoms with Crippen molar-refractivity contribution >= 4 is 0 Å². The number of benzene rings is 1. The van der Waals surface area contributed by atoms with Gasteiger partial charge in [-0.3, -0.25) is 4.90 Å². The topological polar surface area (TPSA) is 23.5 Å². The zero-order chi connectivity index (χ0) is 10.7. The summed E-state index contributed by atoms with van der Waals surface area (Å²) in [7, 11) is 0. The number of phenols is 1. The second-order valence-electron chi connectivity index (χ2n) is 4.47. The second kappa shape index (κ2) is 4.67. The third kappa shape index (κ3) is 2.72. The van der Waals surface area contributed by atoms with Gasteiger partial charge in [0.15, 0.2) is 0 Å². The molecule has 0 aliphatic carbocycles. The van der Waals surface area contributed by atoms with Crippen LogP contribution in [-0.4, -0.2) is 23.1 Å². The SMILES string of the molecule is CCC1CCN(Cc2cccc(O)c2)C1. The van der Waals surface area contributed by atoms with Gasteiger partial charge in [-0.05, 0) is 36.6 Å². The van der Waals surface area contributed by atoms with Gasteiger partial charge in [-0.1, -0.05) is 25.5 Å². The van der Waals surface area contributed by atoms with Crippen molar-refractivity contribution in [2.75, 3.05) is 13.1 Å². The van der Waals surface area contributed by atoms with Crippen LogP contribution >= 0.6 is 0 Å². The Balaban J connectivity index is 1.92. The van der Waals surface area contributed by atoms with Crippen LogP contribution in [0.3, 0.4) is 0 Å². The van der Waals surface area contributed by atoms with Gasteiger partial charge >= 0.3 is 0 Å². The molecule has 1 atom stereocenters. The molecule has 0 radical (unpaired) electrons. The van der Waals surface area contributed by atoms with Gasteiger partial charge in [-0.25, -0.2) is 0 Å². The lowest BCUT2D eigenvalue weighted by Crippen LogP contribution is -2.19. The maximum atomic E-state index is 9.37. The van der Waals surface area contributed by atoms with E-state index in [9.17, 15) is 5.11 Å². The molecule has 1 aromatic carbocycles. The molecule has 1 saturated heterocycles. The fourth-order valence-corrected chi connectivity index (χ4v) is 2.30. The first-order chi connectivity index (χ1) is 7.28. The van der Waals surface area contributed by atoms with Crippen LogP contribution in [0.5, 0.6) is 5.75 Å². The second-order valence-corrected chi connectivity index (χ2v) is 4.47. The van der Waals surface area contributed by atoms with Gasteiger partial charge in [-0.15, -0.1) is 0 Å². The molecule has 0 aromatic heterocycles. The van der Waals surface area contributed by atoms with Gasteiger partial charge in [0.05, 0.1) is 0 Å². The number of phenolic OH excluding ortho intramolecular Hbond substituents is 1. The van der Waals surface area contributed by atoms with Gasteiger partial charge < -0.3 is 5.11 Å². The third-order valence-corrected chi connectivity index (χ3v) is 3.26. The summed E-state index contributed by atoms with van der Waals surface area (Å²) in [6.45, 7) is 5.66. The summed E-state index contributed by atoms with van der Waals surface area (Å²) in [5, 5.41) is 9.37. The fourth-order valence-electron chi connectivity index (χ4n) is 2.30. The first-order valence-corrected chi connectivity index (χ1v) is 5.78. The molecule has 15 heavy (non-hydrogen) atoms. The number of hydrogen-bond acceptors (Lipinski definition) is 2. The lowest BCUT2D eigenvalue weighted by molar-refractivity contribution is 0.314. The van der Waals surface area contributed by atoms with E-state index in [0.29, 0.717) is 5.75 Å². The van der Waals surface area contributed by atoms with E-state index in [-0.39, 0.29) is 0 Å². The highest BCUT2D eigenvalue weighted by Crippen LogP contribution is 2.21. The molecule has 0 saturated carbocycles. The van der Waals surface area contributed by atoms with Crippen LogP contribution in [0, 0.1) is 5.92 Å². The van der Waals surface area contributed by atoms with Crippen molar-refractivity contribution in [3.05, 3.63) is 29.8 Å². The summed E-state index contributed by atoms with van der Waals surface area (Å²) < 4.78 is 0. The summed E-state index contributed by atoms with van der Waals surface area (Å²) in [5.41, 5.74) is 1.21. The molecule has 1 fully saturated rings. The standard InChI is InChI=1S/C13H19NO/c1-2-11-6-7-14(9-11)10-12-4-3-5-13(15)8-12/h3-5,8,11,15H,2,6-7,9-10H2,1H3. The maximum absolute atomic E-state index is 9.37. The van der Waals surface area contributed by atoms with E-state index in [2.05, 4.69) is 17.9 Å². The van der Waals surface area contributed by atoms with Gasteiger partial charge in [0, 0.05) is 13.1 Å². The number of rotatable bonds is 3. The van der Waals surface area contributed by atoms with E-state index in [4.69, 9.17) is 0 Å². The minimum atomic E-state index is 0.374. The van der Waals surface area contributed by atoms with Crippen LogP contribution in [-0.2, 0) is 6.54 Å². The molecule has 0 amide bonds. The normalized spacial score (nSPS) is 22.1. The van der Waals surface area contributed by atoms with E-state index in [1.54, 1.807) is 6.07 Å². The van der Waals surface area contributed by atoms with Gasteiger partial charge in [0.25, 0.3) is 0 Å². The molecule has 1 heterocycles. The summed E-state index contributed by atoms with van der Waals surface area (Å²) in [4.78, 5) is 2.48.